The summed E-state index contributed by atoms with van der Waals surface area (Å²) in [6, 6.07) is 5.39. The van der Waals surface area contributed by atoms with Gasteiger partial charge in [-0.05, 0) is 17.5 Å². The van der Waals surface area contributed by atoms with Crippen LogP contribution in [0.5, 0.6) is 5.75 Å². The van der Waals surface area contributed by atoms with Gasteiger partial charge in [0, 0.05) is 16.1 Å². The predicted octanol–water partition coefficient (Wildman–Crippen LogP) is 3.41. The zero-order chi connectivity index (χ0) is 11.6. The molecule has 1 aromatic carbocycles. The van der Waals surface area contributed by atoms with Crippen molar-refractivity contribution >= 4 is 11.6 Å². The molecular formula is C12H14ClNO. The van der Waals surface area contributed by atoms with E-state index in [2.05, 4.69) is 0 Å². The molecule has 1 aromatic rings. The fourth-order valence-corrected chi connectivity index (χ4v) is 1.69. The topological polar surface area (TPSA) is 44.0 Å². The Labute approximate surface area is 95.1 Å². The van der Waals surface area contributed by atoms with Crippen molar-refractivity contribution in [3.8, 4) is 11.8 Å². The van der Waals surface area contributed by atoms with Crippen molar-refractivity contribution in [2.75, 3.05) is 0 Å². The van der Waals surface area contributed by atoms with Gasteiger partial charge in [-0.1, -0.05) is 32.4 Å². The van der Waals surface area contributed by atoms with E-state index < -0.39 is 0 Å². The van der Waals surface area contributed by atoms with Gasteiger partial charge >= 0.3 is 0 Å². The Bertz CT molecular complexity index is 413. The summed E-state index contributed by atoms with van der Waals surface area (Å²) in [6.07, 6.45) is 0.176. The number of nitriles is 1. The summed E-state index contributed by atoms with van der Waals surface area (Å²) in [7, 11) is 0. The van der Waals surface area contributed by atoms with E-state index in [4.69, 9.17) is 16.9 Å². The quantitative estimate of drug-likeness (QED) is 0.793. The molecule has 2 nitrogen and oxygen atoms in total. The van der Waals surface area contributed by atoms with Crippen molar-refractivity contribution in [3.63, 3.8) is 0 Å². The Hall–Kier alpha value is -1.20. The maximum absolute atomic E-state index is 9.97. The molecule has 0 aliphatic heterocycles. The molecule has 0 amide bonds. The highest BCUT2D eigenvalue weighted by Gasteiger charge is 2.20. The Morgan fingerprint density at radius 1 is 1.40 bits per heavy atom. The minimum absolute atomic E-state index is 0.176. The van der Waals surface area contributed by atoms with Crippen molar-refractivity contribution < 1.29 is 5.11 Å². The van der Waals surface area contributed by atoms with Crippen molar-refractivity contribution in [1.29, 1.82) is 5.26 Å². The highest BCUT2D eigenvalue weighted by atomic mass is 35.5. The summed E-state index contributed by atoms with van der Waals surface area (Å²) in [5.41, 5.74) is 1.19. The highest BCUT2D eigenvalue weighted by Crippen LogP contribution is 2.35. The Morgan fingerprint density at radius 3 is 2.47 bits per heavy atom. The first kappa shape index (κ1) is 11.9. The predicted molar refractivity (Wildman–Crippen MR) is 61.1 cm³/mol. The molecule has 0 aliphatic carbocycles. The zero-order valence-electron chi connectivity index (χ0n) is 9.13. The van der Waals surface area contributed by atoms with Gasteiger partial charge in [-0.2, -0.15) is 5.26 Å². The normalized spacial score (nSPS) is 11.1. The number of rotatable bonds is 1. The number of phenols is 1. The monoisotopic (exact) mass is 223 g/mol. The molecule has 3 heteroatoms. The number of nitrogens with zero attached hydrogens (tertiary/aromatic N) is 1. The maximum Gasteiger partial charge on any atom is 0.123 e. The lowest BCUT2D eigenvalue weighted by Crippen LogP contribution is -2.12. The van der Waals surface area contributed by atoms with Gasteiger partial charge in [-0.3, -0.25) is 0 Å². The average Bonchev–Trinajstić information content (AvgIpc) is 2.09. The fraction of sp³-hybridized carbons (Fsp3) is 0.417. The van der Waals surface area contributed by atoms with Crippen LogP contribution in [0.1, 0.15) is 31.9 Å². The van der Waals surface area contributed by atoms with Crippen LogP contribution in [0, 0.1) is 11.3 Å². The number of halogens is 1. The first-order valence-corrected chi connectivity index (χ1v) is 5.13. The molecule has 0 heterocycles. The van der Waals surface area contributed by atoms with E-state index in [1.165, 1.54) is 0 Å². The van der Waals surface area contributed by atoms with Gasteiger partial charge in [0.1, 0.15) is 5.75 Å². The molecule has 0 saturated carbocycles. The van der Waals surface area contributed by atoms with E-state index in [1.807, 2.05) is 26.8 Å². The SMILES string of the molecule is CC(C)(C)c1cc(Cl)cc(CC#N)c1O. The second kappa shape index (κ2) is 4.12. The number of aromatic hydroxyl groups is 1. The molecule has 1 rings (SSSR count). The molecular weight excluding hydrogens is 210 g/mol. The van der Waals surface area contributed by atoms with Crippen molar-refractivity contribution in [2.45, 2.75) is 32.6 Å². The first-order valence-electron chi connectivity index (χ1n) is 4.75. The first-order chi connectivity index (χ1) is 6.86. The van der Waals surface area contributed by atoms with Crippen molar-refractivity contribution in [2.24, 2.45) is 0 Å². The van der Waals surface area contributed by atoms with E-state index in [9.17, 15) is 5.11 Å². The van der Waals surface area contributed by atoms with E-state index in [1.54, 1.807) is 12.1 Å². The second-order valence-corrected chi connectivity index (χ2v) is 4.98. The largest absolute Gasteiger partial charge is 0.507 e. The Morgan fingerprint density at radius 2 is 2.00 bits per heavy atom. The Balaban J connectivity index is 3.36. The van der Waals surface area contributed by atoms with Gasteiger partial charge in [-0.25, -0.2) is 0 Å². The third-order valence-electron chi connectivity index (χ3n) is 2.23. The zero-order valence-corrected chi connectivity index (χ0v) is 9.89. The van der Waals surface area contributed by atoms with Crippen LogP contribution in [0.25, 0.3) is 0 Å². The number of phenolic OH excluding ortho intramolecular Hbond substituents is 1. The van der Waals surface area contributed by atoms with Crippen LogP contribution in [0.2, 0.25) is 5.02 Å². The smallest absolute Gasteiger partial charge is 0.123 e. The standard InChI is InChI=1S/C12H14ClNO/c1-12(2,3)10-7-9(13)6-8(4-5-14)11(10)15/h6-7,15H,4H2,1-3H3. The molecule has 1 N–H and O–H groups in total. The molecule has 0 aromatic heterocycles. The summed E-state index contributed by atoms with van der Waals surface area (Å²) in [5, 5.41) is 19.2. The van der Waals surface area contributed by atoms with Gasteiger partial charge in [-0.15, -0.1) is 0 Å². The van der Waals surface area contributed by atoms with Crippen LogP contribution in [-0.2, 0) is 11.8 Å². The van der Waals surface area contributed by atoms with Crippen LogP contribution < -0.4 is 0 Å². The molecule has 0 saturated heterocycles. The summed E-state index contributed by atoms with van der Waals surface area (Å²) < 4.78 is 0. The molecule has 15 heavy (non-hydrogen) atoms. The van der Waals surface area contributed by atoms with Gasteiger partial charge < -0.3 is 5.11 Å². The molecule has 0 unspecified atom stereocenters. The molecule has 0 atom stereocenters. The second-order valence-electron chi connectivity index (χ2n) is 4.55. The van der Waals surface area contributed by atoms with Gasteiger partial charge in [0.05, 0.1) is 12.5 Å². The molecule has 0 radical (unpaired) electrons. The summed E-state index contributed by atoms with van der Waals surface area (Å²) in [5.74, 6) is 0.188. The van der Waals surface area contributed by atoms with Crippen LogP contribution >= 0.6 is 11.6 Å². The van der Waals surface area contributed by atoms with E-state index >= 15 is 0 Å². The average molecular weight is 224 g/mol. The van der Waals surface area contributed by atoms with Gasteiger partial charge in [0.25, 0.3) is 0 Å². The minimum Gasteiger partial charge on any atom is -0.507 e. The lowest BCUT2D eigenvalue weighted by Gasteiger charge is -2.22. The molecule has 0 aliphatic rings. The van der Waals surface area contributed by atoms with Gasteiger partial charge in [0.2, 0.25) is 0 Å². The third kappa shape index (κ3) is 2.64. The molecule has 0 spiro atoms. The number of hydrogen-bond acceptors (Lipinski definition) is 2. The van der Waals surface area contributed by atoms with Crippen LogP contribution in [0.15, 0.2) is 12.1 Å². The van der Waals surface area contributed by atoms with Crippen LogP contribution in [0.4, 0.5) is 0 Å². The van der Waals surface area contributed by atoms with E-state index in [0.29, 0.717) is 10.6 Å². The highest BCUT2D eigenvalue weighted by molar-refractivity contribution is 6.30. The third-order valence-corrected chi connectivity index (χ3v) is 2.45. The van der Waals surface area contributed by atoms with Crippen molar-refractivity contribution in [3.05, 3.63) is 28.3 Å². The molecule has 80 valence electrons. The Kier molecular flexibility index (Phi) is 3.26. The molecule has 0 fully saturated rings. The fourth-order valence-electron chi connectivity index (χ4n) is 1.45. The number of benzene rings is 1. The minimum atomic E-state index is -0.181. The van der Waals surface area contributed by atoms with E-state index in [-0.39, 0.29) is 17.6 Å². The maximum atomic E-state index is 9.97. The van der Waals surface area contributed by atoms with E-state index in [0.717, 1.165) is 5.56 Å². The lowest BCUT2D eigenvalue weighted by molar-refractivity contribution is 0.442. The van der Waals surface area contributed by atoms with Gasteiger partial charge in [0.15, 0.2) is 0 Å². The van der Waals surface area contributed by atoms with Crippen LogP contribution in [0.3, 0.4) is 0 Å². The van der Waals surface area contributed by atoms with Crippen molar-refractivity contribution in [1.82, 2.24) is 0 Å². The number of hydrogen-bond donors (Lipinski definition) is 1. The van der Waals surface area contributed by atoms with Crippen LogP contribution in [-0.4, -0.2) is 5.11 Å². The summed E-state index contributed by atoms with van der Waals surface area (Å²) in [6.45, 7) is 5.98. The molecule has 0 bridgehead atoms. The lowest BCUT2D eigenvalue weighted by atomic mass is 9.85. The summed E-state index contributed by atoms with van der Waals surface area (Å²) in [4.78, 5) is 0. The summed E-state index contributed by atoms with van der Waals surface area (Å²) >= 11 is 5.94.